The molecule has 6 aliphatic rings. The van der Waals surface area contributed by atoms with Crippen molar-refractivity contribution in [3.05, 3.63) is 89.0 Å². The van der Waals surface area contributed by atoms with Crippen molar-refractivity contribution in [1.29, 1.82) is 0 Å². The van der Waals surface area contributed by atoms with Gasteiger partial charge in [0.25, 0.3) is 0 Å². The Bertz CT molecular complexity index is 1910. The minimum absolute atomic E-state index is 0.0241. The van der Waals surface area contributed by atoms with Crippen LogP contribution in [0.3, 0.4) is 0 Å². The maximum atomic E-state index is 14.8. The Morgan fingerprint density at radius 1 is 0.927 bits per heavy atom. The van der Waals surface area contributed by atoms with Crippen molar-refractivity contribution in [2.75, 3.05) is 6.54 Å². The second-order valence-corrected chi connectivity index (χ2v) is 17.4. The van der Waals surface area contributed by atoms with E-state index in [0.29, 0.717) is 49.7 Å². The van der Waals surface area contributed by atoms with Crippen molar-refractivity contribution in [1.82, 2.24) is 10.2 Å². The highest BCUT2D eigenvalue weighted by Crippen LogP contribution is 2.78. The molecule has 13 heteroatoms. The lowest BCUT2D eigenvalue weighted by molar-refractivity contribution is -0.274. The number of benzene rings is 2. The van der Waals surface area contributed by atoms with Crippen LogP contribution in [0.1, 0.15) is 94.1 Å². The zero-order valence-corrected chi connectivity index (χ0v) is 31.4. The Balaban J connectivity index is 1.27. The number of hydrogen-bond donors (Lipinski definition) is 3. The number of Topliss-reactive ketones (excluding diaryl/α,β-unsaturated/α-hetero) is 1. The number of rotatable bonds is 8. The van der Waals surface area contributed by atoms with Crippen LogP contribution in [0.5, 0.6) is 5.75 Å². The van der Waals surface area contributed by atoms with Gasteiger partial charge in [-0.05, 0) is 106 Å². The zero-order chi connectivity index (χ0) is 40.0. The van der Waals surface area contributed by atoms with E-state index in [2.05, 4.69) is 29.1 Å². The van der Waals surface area contributed by atoms with Crippen LogP contribution in [0, 0.1) is 33.5 Å². The Morgan fingerprint density at radius 2 is 1.58 bits per heavy atom. The van der Waals surface area contributed by atoms with E-state index in [1.165, 1.54) is 41.3 Å². The number of aliphatic hydroxyl groups is 2. The fourth-order valence-electron chi connectivity index (χ4n) is 11.5. The number of nitrogens with one attached hydrogen (secondary N) is 1. The first kappa shape index (κ1) is 39.4. The first-order valence-electron chi connectivity index (χ1n) is 19.0. The summed E-state index contributed by atoms with van der Waals surface area (Å²) in [4.78, 5) is 30.0. The van der Waals surface area contributed by atoms with Gasteiger partial charge in [0.05, 0.1) is 23.8 Å². The summed E-state index contributed by atoms with van der Waals surface area (Å²) in [5.41, 5.74) is -4.42. The average Bonchev–Trinajstić information content (AvgIpc) is 3.37. The fraction of sp³-hybridized carbons (Fsp3) is 0.571. The number of ether oxygens (including phenoxy) is 1. The van der Waals surface area contributed by atoms with Crippen LogP contribution in [0.25, 0.3) is 0 Å². The summed E-state index contributed by atoms with van der Waals surface area (Å²) < 4.78 is 84.2. The van der Waals surface area contributed by atoms with Crippen LogP contribution in [0.2, 0.25) is 0 Å². The first-order valence-corrected chi connectivity index (χ1v) is 19.0. The molecule has 2 bridgehead atoms. The number of amides is 2. The summed E-state index contributed by atoms with van der Waals surface area (Å²) in [6.07, 6.45) is -0.463. The summed E-state index contributed by atoms with van der Waals surface area (Å²) in [7, 11) is 0. The highest BCUT2D eigenvalue weighted by atomic mass is 19.4. The number of fused-ring (bicyclic) bond motifs is 1. The third kappa shape index (κ3) is 6.37. The zero-order valence-electron chi connectivity index (χ0n) is 31.4. The predicted octanol–water partition coefficient (Wildman–Crippen LogP) is 9.00. The number of halogens is 6. The number of urea groups is 1. The van der Waals surface area contributed by atoms with E-state index in [0.717, 1.165) is 12.1 Å². The molecule has 0 heterocycles. The van der Waals surface area contributed by atoms with Gasteiger partial charge in [0.15, 0.2) is 5.78 Å². The number of nitrogens with zero attached hydrogens (tertiary/aromatic N) is 1. The molecule has 2 spiro atoms. The second-order valence-electron chi connectivity index (χ2n) is 17.4. The number of alkyl halides is 6. The van der Waals surface area contributed by atoms with Crippen molar-refractivity contribution in [3.63, 3.8) is 0 Å². The quantitative estimate of drug-likeness (QED) is 0.141. The highest BCUT2D eigenvalue weighted by molar-refractivity contribution is 6.10. The van der Waals surface area contributed by atoms with E-state index in [1.54, 1.807) is 13.8 Å². The van der Waals surface area contributed by atoms with Crippen molar-refractivity contribution in [2.24, 2.45) is 33.5 Å². The van der Waals surface area contributed by atoms with Crippen LogP contribution >= 0.6 is 0 Å². The molecule has 0 radical (unpaired) electrons. The van der Waals surface area contributed by atoms with Gasteiger partial charge < -0.3 is 25.2 Å². The van der Waals surface area contributed by atoms with Crippen LogP contribution in [-0.2, 0) is 12.7 Å². The van der Waals surface area contributed by atoms with Crippen molar-refractivity contribution in [3.8, 4) is 5.75 Å². The fourth-order valence-corrected chi connectivity index (χ4v) is 11.5. The molecule has 6 aliphatic carbocycles. The van der Waals surface area contributed by atoms with Gasteiger partial charge in [0.1, 0.15) is 5.75 Å². The van der Waals surface area contributed by atoms with Crippen LogP contribution in [0.4, 0.5) is 31.1 Å². The molecule has 298 valence electrons. The van der Waals surface area contributed by atoms with Crippen LogP contribution in [0.15, 0.2) is 72.3 Å². The maximum absolute atomic E-state index is 14.8. The topological polar surface area (TPSA) is 99.1 Å². The summed E-state index contributed by atoms with van der Waals surface area (Å²) in [6, 6.07) is 8.96. The molecule has 0 aliphatic heterocycles. The lowest BCUT2D eigenvalue weighted by Gasteiger charge is -2.71. The van der Waals surface area contributed by atoms with E-state index in [4.69, 9.17) is 0 Å². The molecule has 3 fully saturated rings. The van der Waals surface area contributed by atoms with Crippen LogP contribution in [-0.4, -0.2) is 57.6 Å². The Morgan fingerprint density at radius 3 is 2.24 bits per heavy atom. The van der Waals surface area contributed by atoms with Gasteiger partial charge in [0.2, 0.25) is 0 Å². The summed E-state index contributed by atoms with van der Waals surface area (Å²) in [5.74, 6) is -1.35. The van der Waals surface area contributed by atoms with Crippen molar-refractivity contribution >= 4 is 11.8 Å². The molecule has 0 saturated heterocycles. The molecular formula is C42H48F6N2O5. The highest BCUT2D eigenvalue weighted by Gasteiger charge is 2.74. The monoisotopic (exact) mass is 774 g/mol. The molecule has 55 heavy (non-hydrogen) atoms. The Labute approximate surface area is 316 Å². The number of hydrogen-bond acceptors (Lipinski definition) is 5. The molecule has 3 N–H and O–H groups in total. The smallest absolute Gasteiger partial charge is 0.406 e. The minimum atomic E-state index is -4.86. The molecule has 7 nitrogen and oxygen atoms in total. The molecular weight excluding hydrogens is 726 g/mol. The summed E-state index contributed by atoms with van der Waals surface area (Å²) >= 11 is 0. The minimum Gasteiger partial charge on any atom is -0.406 e. The Kier molecular flexibility index (Phi) is 9.39. The average molecular weight is 775 g/mol. The lowest BCUT2D eigenvalue weighted by Crippen LogP contribution is -2.67. The SMILES string of the molecule is CC(C)NC(=O)N(Cc1ccc(OC(F)(F)F)cc1)CC1(O)CCC2C34C=CC5(C=C3C(=O)c3cccc(C(F)(F)F)c3)CC(O)CCC5(C)C4CCC21C. The van der Waals surface area contributed by atoms with E-state index >= 15 is 0 Å². The van der Waals surface area contributed by atoms with Gasteiger partial charge in [-0.25, -0.2) is 4.79 Å². The third-order valence-electron chi connectivity index (χ3n) is 14.1. The molecule has 3 saturated carbocycles. The van der Waals surface area contributed by atoms with Gasteiger partial charge in [-0.15, -0.1) is 13.2 Å². The third-order valence-corrected chi connectivity index (χ3v) is 14.1. The number of allylic oxidation sites excluding steroid dienone is 4. The van der Waals surface area contributed by atoms with Crippen LogP contribution < -0.4 is 10.1 Å². The number of carbonyl (C=O) groups is 2. The normalized spacial score (nSPS) is 35.1. The molecule has 2 aromatic carbocycles. The number of ketones is 1. The molecule has 2 aromatic rings. The molecule has 8 atom stereocenters. The first-order chi connectivity index (χ1) is 25.6. The van der Waals surface area contributed by atoms with E-state index < -0.39 is 63.6 Å². The van der Waals surface area contributed by atoms with E-state index in [9.17, 15) is 46.1 Å². The van der Waals surface area contributed by atoms with E-state index in [1.807, 2.05) is 13.0 Å². The van der Waals surface area contributed by atoms with Gasteiger partial charge in [-0.3, -0.25) is 4.79 Å². The number of carbonyl (C=O) groups excluding carboxylic acids is 2. The van der Waals surface area contributed by atoms with Gasteiger partial charge >= 0.3 is 18.6 Å². The molecule has 0 aromatic heterocycles. The summed E-state index contributed by atoms with van der Waals surface area (Å²) in [5, 5.41) is 26.7. The van der Waals surface area contributed by atoms with Gasteiger partial charge in [0, 0.05) is 40.0 Å². The molecule has 8 rings (SSSR count). The number of aliphatic hydroxyl groups excluding tert-OH is 1. The second kappa shape index (κ2) is 13.1. The van der Waals surface area contributed by atoms with Crippen molar-refractivity contribution in [2.45, 2.75) is 109 Å². The Hall–Kier alpha value is -3.84. The largest absolute Gasteiger partial charge is 0.573 e. The summed E-state index contributed by atoms with van der Waals surface area (Å²) in [6.45, 7) is 7.64. The predicted molar refractivity (Wildman–Crippen MR) is 192 cm³/mol. The molecule has 8 unspecified atom stereocenters. The maximum Gasteiger partial charge on any atom is 0.573 e. The molecule has 2 amide bonds. The van der Waals surface area contributed by atoms with Gasteiger partial charge in [-0.2, -0.15) is 13.2 Å². The van der Waals surface area contributed by atoms with E-state index in [-0.39, 0.29) is 48.4 Å². The van der Waals surface area contributed by atoms with Crippen molar-refractivity contribution < 1.29 is 50.9 Å². The van der Waals surface area contributed by atoms with Gasteiger partial charge in [-0.1, -0.05) is 56.3 Å². The standard InChI is InChI=1S/C42H48F6N2O5/c1-25(2)49-35(53)50(23-26-8-10-30(11-9-26)55-42(46,47)48)24-39(54)17-14-33-37(39,4)16-13-32-36(3)15-12-29(51)21-38(36)18-19-40(32,33)31(22-38)34(52)27-6-5-7-28(20-27)41(43,44)45/h5-11,18-20,22,25,29,32-33,51,54H,12-17,21,23-24H2,1-4H3,(H,49,53). The lowest BCUT2D eigenvalue weighted by atomic mass is 9.32.